The van der Waals surface area contributed by atoms with Gasteiger partial charge in [0.15, 0.2) is 6.61 Å². The van der Waals surface area contributed by atoms with Gasteiger partial charge in [-0.2, -0.15) is 0 Å². The molecule has 0 radical (unpaired) electrons. The Hall–Kier alpha value is -2.34. The van der Waals surface area contributed by atoms with Gasteiger partial charge in [-0.25, -0.2) is 9.97 Å². The van der Waals surface area contributed by atoms with Gasteiger partial charge in [0.2, 0.25) is 0 Å². The van der Waals surface area contributed by atoms with Crippen molar-refractivity contribution in [3.05, 3.63) is 46.7 Å². The van der Waals surface area contributed by atoms with Crippen LogP contribution in [0.3, 0.4) is 0 Å². The number of halogens is 1. The van der Waals surface area contributed by atoms with E-state index in [0.717, 1.165) is 17.8 Å². The fraction of sp³-hybridized carbons (Fsp3) is 0.389. The third kappa shape index (κ3) is 4.82. The lowest BCUT2D eigenvalue weighted by atomic mass is 10.3. The summed E-state index contributed by atoms with van der Waals surface area (Å²) in [6.07, 6.45) is 0.656. The van der Waals surface area contributed by atoms with E-state index in [1.54, 1.807) is 29.2 Å². The number of aryl methyl sites for hydroxylation is 2. The van der Waals surface area contributed by atoms with Crippen LogP contribution in [-0.2, 0) is 4.79 Å². The van der Waals surface area contributed by atoms with Crippen molar-refractivity contribution in [2.45, 2.75) is 26.4 Å². The molecule has 0 aliphatic carbocycles. The summed E-state index contributed by atoms with van der Waals surface area (Å²) in [6.45, 7) is 4.95. The van der Waals surface area contributed by atoms with Crippen LogP contribution in [0.2, 0.25) is 5.02 Å². The zero-order valence-electron chi connectivity index (χ0n) is 14.2. The number of ether oxygens (including phenoxy) is 2. The van der Waals surface area contributed by atoms with E-state index in [-0.39, 0.29) is 18.6 Å². The third-order valence-corrected chi connectivity index (χ3v) is 4.16. The Labute approximate surface area is 151 Å². The first-order valence-electron chi connectivity index (χ1n) is 8.14. The van der Waals surface area contributed by atoms with E-state index >= 15 is 0 Å². The van der Waals surface area contributed by atoms with Crippen LogP contribution < -0.4 is 9.47 Å². The highest BCUT2D eigenvalue weighted by Gasteiger charge is 2.28. The number of carbonyl (C=O) groups is 1. The van der Waals surface area contributed by atoms with E-state index in [4.69, 9.17) is 21.1 Å². The van der Waals surface area contributed by atoms with E-state index in [2.05, 4.69) is 9.97 Å². The van der Waals surface area contributed by atoms with E-state index in [1.165, 1.54) is 0 Å². The summed E-state index contributed by atoms with van der Waals surface area (Å²) in [5.41, 5.74) is 1.73. The highest BCUT2D eigenvalue weighted by molar-refractivity contribution is 6.30. The Morgan fingerprint density at radius 1 is 1.24 bits per heavy atom. The molecule has 0 spiro atoms. The maximum Gasteiger partial charge on any atom is 0.317 e. The van der Waals surface area contributed by atoms with Crippen molar-refractivity contribution in [2.75, 3.05) is 19.7 Å². The van der Waals surface area contributed by atoms with Gasteiger partial charge < -0.3 is 14.4 Å². The molecule has 1 aliphatic rings. The number of carbonyl (C=O) groups excluding carboxylic acids is 1. The van der Waals surface area contributed by atoms with Gasteiger partial charge in [-0.15, -0.1) is 0 Å². The SMILES string of the molecule is Cc1cc(C)nc(OC2CCN(C(=O)COc3ccc(Cl)cc3)C2)n1. The number of rotatable bonds is 5. The van der Waals surface area contributed by atoms with Gasteiger partial charge >= 0.3 is 6.01 Å². The summed E-state index contributed by atoms with van der Waals surface area (Å²) in [5.74, 6) is 0.552. The van der Waals surface area contributed by atoms with E-state index in [1.807, 2.05) is 19.9 Å². The number of nitrogens with zero attached hydrogens (tertiary/aromatic N) is 3. The average molecular weight is 362 g/mol. The molecule has 1 amide bonds. The largest absolute Gasteiger partial charge is 0.484 e. The second-order valence-electron chi connectivity index (χ2n) is 6.04. The van der Waals surface area contributed by atoms with Crippen LogP contribution >= 0.6 is 11.6 Å². The number of hydrogen-bond acceptors (Lipinski definition) is 5. The molecule has 6 nitrogen and oxygen atoms in total. The maximum atomic E-state index is 12.3. The van der Waals surface area contributed by atoms with Crippen molar-refractivity contribution in [1.29, 1.82) is 0 Å². The van der Waals surface area contributed by atoms with Crippen LogP contribution in [0.4, 0.5) is 0 Å². The van der Waals surface area contributed by atoms with Gasteiger partial charge in [0.1, 0.15) is 11.9 Å². The van der Waals surface area contributed by atoms with Crippen molar-refractivity contribution >= 4 is 17.5 Å². The van der Waals surface area contributed by atoms with Gasteiger partial charge in [0, 0.05) is 29.4 Å². The molecule has 0 bridgehead atoms. The first-order chi connectivity index (χ1) is 12.0. The molecule has 1 aliphatic heterocycles. The topological polar surface area (TPSA) is 64.5 Å². The quantitative estimate of drug-likeness (QED) is 0.819. The lowest BCUT2D eigenvalue weighted by molar-refractivity contribution is -0.132. The molecule has 1 saturated heterocycles. The smallest absolute Gasteiger partial charge is 0.317 e. The van der Waals surface area contributed by atoms with Gasteiger partial charge in [0.25, 0.3) is 5.91 Å². The lowest BCUT2D eigenvalue weighted by Gasteiger charge is -2.17. The van der Waals surface area contributed by atoms with E-state index in [9.17, 15) is 4.79 Å². The zero-order chi connectivity index (χ0) is 17.8. The van der Waals surface area contributed by atoms with Gasteiger partial charge in [0.05, 0.1) is 6.54 Å². The highest BCUT2D eigenvalue weighted by Crippen LogP contribution is 2.18. The summed E-state index contributed by atoms with van der Waals surface area (Å²) in [7, 11) is 0. The van der Waals surface area contributed by atoms with E-state index < -0.39 is 0 Å². The van der Waals surface area contributed by atoms with Crippen LogP contribution in [0.5, 0.6) is 11.8 Å². The summed E-state index contributed by atoms with van der Waals surface area (Å²) in [4.78, 5) is 22.6. The van der Waals surface area contributed by atoms with Gasteiger partial charge in [-0.3, -0.25) is 4.79 Å². The predicted molar refractivity (Wildman–Crippen MR) is 94.1 cm³/mol. The molecule has 1 unspecified atom stereocenters. The molecule has 7 heteroatoms. The molecule has 0 saturated carbocycles. The minimum Gasteiger partial charge on any atom is -0.484 e. The second-order valence-corrected chi connectivity index (χ2v) is 6.48. The zero-order valence-corrected chi connectivity index (χ0v) is 15.0. The standard InChI is InChI=1S/C18H20ClN3O3/c1-12-9-13(2)21-18(20-12)25-16-7-8-22(10-16)17(23)11-24-15-5-3-14(19)4-6-15/h3-6,9,16H,7-8,10-11H2,1-2H3. The molecule has 2 aromatic rings. The number of aromatic nitrogens is 2. The van der Waals surface area contributed by atoms with Crippen molar-refractivity contribution in [2.24, 2.45) is 0 Å². The Bertz CT molecular complexity index is 731. The molecular weight excluding hydrogens is 342 g/mol. The Morgan fingerprint density at radius 3 is 2.60 bits per heavy atom. The molecule has 1 aromatic carbocycles. The van der Waals surface area contributed by atoms with Crippen molar-refractivity contribution < 1.29 is 14.3 Å². The summed E-state index contributed by atoms with van der Waals surface area (Å²) < 4.78 is 11.3. The first kappa shape index (κ1) is 17.5. The number of hydrogen-bond donors (Lipinski definition) is 0. The molecule has 132 valence electrons. The van der Waals surface area contributed by atoms with Crippen LogP contribution in [-0.4, -0.2) is 46.6 Å². The monoisotopic (exact) mass is 361 g/mol. The molecule has 3 rings (SSSR count). The molecule has 2 heterocycles. The second kappa shape index (κ2) is 7.70. The molecular formula is C18H20ClN3O3. The van der Waals surface area contributed by atoms with E-state index in [0.29, 0.717) is 29.9 Å². The summed E-state index contributed by atoms with van der Waals surface area (Å²) >= 11 is 5.83. The maximum absolute atomic E-state index is 12.3. The Balaban J connectivity index is 1.49. The number of amides is 1. The first-order valence-corrected chi connectivity index (χ1v) is 8.52. The van der Waals surface area contributed by atoms with Crippen molar-refractivity contribution in [3.8, 4) is 11.8 Å². The van der Waals surface area contributed by atoms with Crippen LogP contribution in [0.25, 0.3) is 0 Å². The lowest BCUT2D eigenvalue weighted by Crippen LogP contribution is -2.34. The summed E-state index contributed by atoms with van der Waals surface area (Å²) in [5, 5.41) is 0.631. The van der Waals surface area contributed by atoms with Gasteiger partial charge in [-0.05, 0) is 44.2 Å². The minimum atomic E-state index is -0.0966. The Morgan fingerprint density at radius 2 is 1.92 bits per heavy atom. The Kier molecular flexibility index (Phi) is 5.38. The minimum absolute atomic E-state index is 0.00555. The molecule has 25 heavy (non-hydrogen) atoms. The van der Waals surface area contributed by atoms with Crippen LogP contribution in [0.1, 0.15) is 17.8 Å². The van der Waals surface area contributed by atoms with Crippen LogP contribution in [0, 0.1) is 13.8 Å². The highest BCUT2D eigenvalue weighted by atomic mass is 35.5. The van der Waals surface area contributed by atoms with Crippen molar-refractivity contribution in [3.63, 3.8) is 0 Å². The van der Waals surface area contributed by atoms with Crippen LogP contribution in [0.15, 0.2) is 30.3 Å². The fourth-order valence-corrected chi connectivity index (χ4v) is 2.84. The predicted octanol–water partition coefficient (Wildman–Crippen LogP) is 2.81. The normalized spacial score (nSPS) is 16.8. The molecule has 1 aromatic heterocycles. The average Bonchev–Trinajstić information content (AvgIpc) is 3.01. The molecule has 1 atom stereocenters. The molecule has 1 fully saturated rings. The summed E-state index contributed by atoms with van der Waals surface area (Å²) in [6, 6.07) is 9.20. The third-order valence-electron chi connectivity index (χ3n) is 3.91. The number of likely N-dealkylation sites (tertiary alicyclic amines) is 1. The van der Waals surface area contributed by atoms with Gasteiger partial charge in [-0.1, -0.05) is 11.6 Å². The number of benzene rings is 1. The fourth-order valence-electron chi connectivity index (χ4n) is 2.71. The van der Waals surface area contributed by atoms with Crippen molar-refractivity contribution in [1.82, 2.24) is 14.9 Å². The molecule has 0 N–H and O–H groups in total.